The van der Waals surface area contributed by atoms with Gasteiger partial charge in [-0.3, -0.25) is 9.48 Å². The van der Waals surface area contributed by atoms with Gasteiger partial charge in [0.1, 0.15) is 12.7 Å². The second kappa shape index (κ2) is 4.00. The summed E-state index contributed by atoms with van der Waals surface area (Å²) in [5.74, 6) is -0.653. The third-order valence-corrected chi connectivity index (χ3v) is 3.30. The van der Waals surface area contributed by atoms with E-state index < -0.39 is 11.4 Å². The molecule has 0 atom stereocenters. The SMILES string of the molecule is O=C(O)C1(CCn2cncn2)CCCC1. The van der Waals surface area contributed by atoms with Crippen LogP contribution in [0.1, 0.15) is 32.1 Å². The molecule has 1 aliphatic carbocycles. The summed E-state index contributed by atoms with van der Waals surface area (Å²) in [6, 6.07) is 0. The molecule has 1 N–H and O–H groups in total. The van der Waals surface area contributed by atoms with E-state index in [4.69, 9.17) is 0 Å². The molecule has 0 amide bonds. The van der Waals surface area contributed by atoms with Crippen molar-refractivity contribution in [2.45, 2.75) is 38.6 Å². The molecular weight excluding hydrogens is 194 g/mol. The summed E-state index contributed by atoms with van der Waals surface area (Å²) in [5.41, 5.74) is -0.508. The molecule has 1 saturated carbocycles. The molecule has 1 heterocycles. The summed E-state index contributed by atoms with van der Waals surface area (Å²) in [6.45, 7) is 0.645. The predicted molar refractivity (Wildman–Crippen MR) is 53.2 cm³/mol. The van der Waals surface area contributed by atoms with Crippen LogP contribution in [-0.4, -0.2) is 25.8 Å². The van der Waals surface area contributed by atoms with Crippen molar-refractivity contribution in [2.24, 2.45) is 5.41 Å². The second-order valence-electron chi connectivity index (χ2n) is 4.20. The van der Waals surface area contributed by atoms with E-state index >= 15 is 0 Å². The Bertz CT molecular complexity index is 328. The zero-order chi connectivity index (χ0) is 10.7. The molecule has 0 unspecified atom stereocenters. The smallest absolute Gasteiger partial charge is 0.309 e. The van der Waals surface area contributed by atoms with E-state index in [0.29, 0.717) is 13.0 Å². The Hall–Kier alpha value is -1.39. The van der Waals surface area contributed by atoms with Crippen LogP contribution < -0.4 is 0 Å². The van der Waals surface area contributed by atoms with Crippen LogP contribution in [0.5, 0.6) is 0 Å². The van der Waals surface area contributed by atoms with Gasteiger partial charge in [0.15, 0.2) is 0 Å². The minimum atomic E-state index is -0.653. The van der Waals surface area contributed by atoms with Gasteiger partial charge in [0.05, 0.1) is 5.41 Å². The molecule has 0 spiro atoms. The van der Waals surface area contributed by atoms with Crippen molar-refractivity contribution in [3.05, 3.63) is 12.7 Å². The topological polar surface area (TPSA) is 68.0 Å². The molecule has 0 saturated heterocycles. The van der Waals surface area contributed by atoms with E-state index in [1.165, 1.54) is 6.33 Å². The summed E-state index contributed by atoms with van der Waals surface area (Å²) >= 11 is 0. The summed E-state index contributed by atoms with van der Waals surface area (Å²) in [5, 5.41) is 13.2. The predicted octanol–water partition coefficient (Wildman–Crippen LogP) is 1.31. The summed E-state index contributed by atoms with van der Waals surface area (Å²) in [7, 11) is 0. The highest BCUT2D eigenvalue weighted by molar-refractivity contribution is 5.74. The zero-order valence-electron chi connectivity index (χ0n) is 8.59. The molecule has 1 aliphatic rings. The van der Waals surface area contributed by atoms with Crippen molar-refractivity contribution >= 4 is 5.97 Å². The quantitative estimate of drug-likeness (QED) is 0.811. The van der Waals surface area contributed by atoms with Crippen LogP contribution in [0.15, 0.2) is 12.7 Å². The number of nitrogens with zero attached hydrogens (tertiary/aromatic N) is 3. The van der Waals surface area contributed by atoms with Crippen LogP contribution in [0.25, 0.3) is 0 Å². The average molecular weight is 209 g/mol. The first kappa shape index (κ1) is 10.1. The van der Waals surface area contributed by atoms with Crippen molar-refractivity contribution in [3.63, 3.8) is 0 Å². The normalized spacial score (nSPS) is 19.2. The van der Waals surface area contributed by atoms with E-state index in [1.807, 2.05) is 0 Å². The van der Waals surface area contributed by atoms with Gasteiger partial charge in [0.2, 0.25) is 0 Å². The van der Waals surface area contributed by atoms with Gasteiger partial charge in [-0.1, -0.05) is 12.8 Å². The molecule has 5 nitrogen and oxygen atoms in total. The number of rotatable bonds is 4. The van der Waals surface area contributed by atoms with Crippen LogP contribution in [0.2, 0.25) is 0 Å². The van der Waals surface area contributed by atoms with E-state index in [2.05, 4.69) is 10.1 Å². The van der Waals surface area contributed by atoms with Crippen LogP contribution >= 0.6 is 0 Å². The molecule has 2 rings (SSSR count). The number of hydrogen-bond donors (Lipinski definition) is 1. The highest BCUT2D eigenvalue weighted by Gasteiger charge is 2.40. The van der Waals surface area contributed by atoms with Crippen molar-refractivity contribution in [3.8, 4) is 0 Å². The summed E-state index contributed by atoms with van der Waals surface area (Å²) in [4.78, 5) is 15.1. The lowest BCUT2D eigenvalue weighted by atomic mass is 9.83. The maximum Gasteiger partial charge on any atom is 0.309 e. The Labute approximate surface area is 88.1 Å². The van der Waals surface area contributed by atoms with Crippen molar-refractivity contribution in [1.29, 1.82) is 0 Å². The summed E-state index contributed by atoms with van der Waals surface area (Å²) < 4.78 is 1.70. The van der Waals surface area contributed by atoms with Gasteiger partial charge in [0, 0.05) is 6.54 Å². The lowest BCUT2D eigenvalue weighted by molar-refractivity contribution is -0.149. The summed E-state index contributed by atoms with van der Waals surface area (Å²) in [6.07, 6.45) is 7.43. The Morgan fingerprint density at radius 3 is 2.73 bits per heavy atom. The third kappa shape index (κ3) is 2.00. The number of carbonyl (C=O) groups is 1. The molecule has 15 heavy (non-hydrogen) atoms. The molecule has 82 valence electrons. The largest absolute Gasteiger partial charge is 0.481 e. The van der Waals surface area contributed by atoms with Gasteiger partial charge >= 0.3 is 5.97 Å². The monoisotopic (exact) mass is 209 g/mol. The average Bonchev–Trinajstić information content (AvgIpc) is 2.87. The Balaban J connectivity index is 1.99. The van der Waals surface area contributed by atoms with E-state index in [1.54, 1.807) is 11.0 Å². The second-order valence-corrected chi connectivity index (χ2v) is 4.20. The fourth-order valence-corrected chi connectivity index (χ4v) is 2.30. The standard InChI is InChI=1S/C10H15N3O2/c14-9(15)10(3-1-2-4-10)5-6-13-8-11-7-12-13/h7-8H,1-6H2,(H,14,15). The van der Waals surface area contributed by atoms with E-state index in [9.17, 15) is 9.90 Å². The lowest BCUT2D eigenvalue weighted by Gasteiger charge is -2.23. The van der Waals surface area contributed by atoms with Gasteiger partial charge in [-0.15, -0.1) is 0 Å². The highest BCUT2D eigenvalue weighted by atomic mass is 16.4. The fraction of sp³-hybridized carbons (Fsp3) is 0.700. The maximum atomic E-state index is 11.2. The van der Waals surface area contributed by atoms with Gasteiger partial charge in [0.25, 0.3) is 0 Å². The van der Waals surface area contributed by atoms with Gasteiger partial charge in [-0.05, 0) is 19.3 Å². The fourth-order valence-electron chi connectivity index (χ4n) is 2.30. The first-order valence-electron chi connectivity index (χ1n) is 5.29. The van der Waals surface area contributed by atoms with Crippen LogP contribution in [-0.2, 0) is 11.3 Å². The van der Waals surface area contributed by atoms with E-state index in [0.717, 1.165) is 25.7 Å². The minimum absolute atomic E-state index is 0.508. The number of carboxylic acids is 1. The number of aliphatic carboxylic acids is 1. The number of hydrogen-bond acceptors (Lipinski definition) is 3. The molecule has 0 aromatic carbocycles. The molecule has 1 aromatic rings. The molecule has 1 aromatic heterocycles. The number of aromatic nitrogens is 3. The molecule has 0 aliphatic heterocycles. The molecule has 5 heteroatoms. The molecular formula is C10H15N3O2. The van der Waals surface area contributed by atoms with Crippen molar-refractivity contribution in [2.75, 3.05) is 0 Å². The number of carboxylic acid groups (broad SMARTS) is 1. The van der Waals surface area contributed by atoms with Crippen LogP contribution in [0.3, 0.4) is 0 Å². The van der Waals surface area contributed by atoms with Gasteiger partial charge in [-0.2, -0.15) is 5.10 Å². The first-order valence-corrected chi connectivity index (χ1v) is 5.29. The Morgan fingerprint density at radius 1 is 1.47 bits per heavy atom. The van der Waals surface area contributed by atoms with Crippen molar-refractivity contribution in [1.82, 2.24) is 14.8 Å². The lowest BCUT2D eigenvalue weighted by Crippen LogP contribution is -2.29. The first-order chi connectivity index (χ1) is 7.23. The minimum Gasteiger partial charge on any atom is -0.481 e. The molecule has 1 fully saturated rings. The highest BCUT2D eigenvalue weighted by Crippen LogP contribution is 2.41. The zero-order valence-corrected chi connectivity index (χ0v) is 8.59. The van der Waals surface area contributed by atoms with Crippen LogP contribution in [0, 0.1) is 5.41 Å². The Morgan fingerprint density at radius 2 is 2.20 bits per heavy atom. The molecule has 0 radical (unpaired) electrons. The number of aryl methyl sites for hydroxylation is 1. The molecule has 0 bridgehead atoms. The third-order valence-electron chi connectivity index (χ3n) is 3.30. The van der Waals surface area contributed by atoms with Gasteiger partial charge in [-0.25, -0.2) is 4.98 Å². The van der Waals surface area contributed by atoms with Gasteiger partial charge < -0.3 is 5.11 Å². The maximum absolute atomic E-state index is 11.2. The Kier molecular flexibility index (Phi) is 2.70. The van der Waals surface area contributed by atoms with Crippen molar-refractivity contribution < 1.29 is 9.90 Å². The van der Waals surface area contributed by atoms with Crippen LogP contribution in [0.4, 0.5) is 0 Å². The van der Waals surface area contributed by atoms with E-state index in [-0.39, 0.29) is 0 Å².